The molecule has 0 atom stereocenters. The van der Waals surface area contributed by atoms with E-state index in [9.17, 15) is 4.79 Å². The van der Waals surface area contributed by atoms with E-state index in [-0.39, 0.29) is 11.6 Å². The van der Waals surface area contributed by atoms with E-state index in [2.05, 4.69) is 53.2 Å². The summed E-state index contributed by atoms with van der Waals surface area (Å²) in [5.74, 6) is 0.799. The van der Waals surface area contributed by atoms with Crippen LogP contribution in [-0.4, -0.2) is 35.6 Å². The SMILES string of the molecule is CC1CCC(N(C(=O)Nc2ccc(N3CCCCC3)cc2)C2(C)CCCCC2)CC1. The third kappa shape index (κ3) is 4.95. The van der Waals surface area contributed by atoms with Gasteiger partial charge in [-0.05, 0) is 94.9 Å². The number of hydrogen-bond acceptors (Lipinski definition) is 2. The summed E-state index contributed by atoms with van der Waals surface area (Å²) in [6.45, 7) is 6.99. The number of carbonyl (C=O) groups excluding carboxylic acids is 1. The first-order valence-corrected chi connectivity index (χ1v) is 12.5. The number of anilines is 2. The predicted molar refractivity (Wildman–Crippen MR) is 126 cm³/mol. The van der Waals surface area contributed by atoms with Crippen LogP contribution in [0.5, 0.6) is 0 Å². The number of hydrogen-bond donors (Lipinski definition) is 1. The van der Waals surface area contributed by atoms with Gasteiger partial charge in [0.1, 0.15) is 0 Å². The molecule has 1 aromatic carbocycles. The Kier molecular flexibility index (Phi) is 6.90. The molecule has 0 spiro atoms. The van der Waals surface area contributed by atoms with E-state index in [0.29, 0.717) is 6.04 Å². The van der Waals surface area contributed by atoms with Gasteiger partial charge in [-0.2, -0.15) is 0 Å². The first kappa shape index (κ1) is 21.5. The van der Waals surface area contributed by atoms with E-state index in [1.54, 1.807) is 0 Å². The highest BCUT2D eigenvalue weighted by Crippen LogP contribution is 2.39. The number of urea groups is 1. The van der Waals surface area contributed by atoms with Crippen molar-refractivity contribution in [1.29, 1.82) is 0 Å². The smallest absolute Gasteiger partial charge is 0.322 e. The summed E-state index contributed by atoms with van der Waals surface area (Å²) >= 11 is 0. The number of nitrogens with one attached hydrogen (secondary N) is 1. The number of amides is 2. The molecule has 4 heteroatoms. The summed E-state index contributed by atoms with van der Waals surface area (Å²) < 4.78 is 0. The van der Waals surface area contributed by atoms with Crippen molar-refractivity contribution >= 4 is 17.4 Å². The van der Waals surface area contributed by atoms with Gasteiger partial charge in [-0.1, -0.05) is 26.2 Å². The van der Waals surface area contributed by atoms with E-state index in [4.69, 9.17) is 0 Å². The molecule has 1 aliphatic heterocycles. The third-order valence-corrected chi connectivity index (χ3v) is 7.92. The Bertz CT molecular complexity index is 681. The molecule has 3 aliphatic rings. The molecule has 4 nitrogen and oxygen atoms in total. The highest BCUT2D eigenvalue weighted by atomic mass is 16.2. The van der Waals surface area contributed by atoms with Gasteiger partial charge in [0.25, 0.3) is 0 Å². The second-order valence-electron chi connectivity index (χ2n) is 10.4. The van der Waals surface area contributed by atoms with Crippen LogP contribution in [0.25, 0.3) is 0 Å². The van der Waals surface area contributed by atoms with E-state index in [1.807, 2.05) is 0 Å². The van der Waals surface area contributed by atoms with Crippen molar-refractivity contribution in [1.82, 2.24) is 4.90 Å². The molecule has 0 unspecified atom stereocenters. The minimum atomic E-state index is 0.00131. The van der Waals surface area contributed by atoms with Crippen molar-refractivity contribution in [2.24, 2.45) is 5.92 Å². The average Bonchev–Trinajstić information content (AvgIpc) is 2.77. The lowest BCUT2D eigenvalue weighted by molar-refractivity contribution is 0.0458. The highest BCUT2D eigenvalue weighted by Gasteiger charge is 2.41. The van der Waals surface area contributed by atoms with Crippen LogP contribution in [0, 0.1) is 5.92 Å². The number of benzene rings is 1. The lowest BCUT2D eigenvalue weighted by atomic mass is 9.78. The molecule has 2 aliphatic carbocycles. The van der Waals surface area contributed by atoms with Crippen molar-refractivity contribution in [3.8, 4) is 0 Å². The van der Waals surface area contributed by atoms with Gasteiger partial charge in [-0.3, -0.25) is 0 Å². The largest absolute Gasteiger partial charge is 0.372 e. The fraction of sp³-hybridized carbons (Fsp3) is 0.731. The van der Waals surface area contributed by atoms with Gasteiger partial charge >= 0.3 is 6.03 Å². The maximum Gasteiger partial charge on any atom is 0.322 e. The molecule has 0 aromatic heterocycles. The second-order valence-corrected chi connectivity index (χ2v) is 10.4. The van der Waals surface area contributed by atoms with Crippen LogP contribution in [-0.2, 0) is 0 Å². The van der Waals surface area contributed by atoms with Gasteiger partial charge in [0.05, 0.1) is 0 Å². The van der Waals surface area contributed by atoms with Crippen LogP contribution < -0.4 is 10.2 Å². The summed E-state index contributed by atoms with van der Waals surface area (Å²) in [5, 5.41) is 3.27. The Morgan fingerprint density at radius 2 is 1.53 bits per heavy atom. The zero-order valence-corrected chi connectivity index (χ0v) is 19.2. The summed E-state index contributed by atoms with van der Waals surface area (Å²) in [6, 6.07) is 9.03. The molecule has 2 saturated carbocycles. The first-order valence-electron chi connectivity index (χ1n) is 12.5. The first-order chi connectivity index (χ1) is 14.5. The molecule has 1 heterocycles. The fourth-order valence-electron chi connectivity index (χ4n) is 6.00. The maximum absolute atomic E-state index is 13.6. The van der Waals surface area contributed by atoms with Crippen molar-refractivity contribution in [3.05, 3.63) is 24.3 Å². The number of nitrogens with zero attached hydrogens (tertiary/aromatic N) is 2. The molecule has 0 radical (unpaired) electrons. The Balaban J connectivity index is 1.47. The molecule has 3 fully saturated rings. The molecule has 2 amide bonds. The normalized spacial score (nSPS) is 26.8. The van der Waals surface area contributed by atoms with Crippen LogP contribution in [0.3, 0.4) is 0 Å². The zero-order valence-electron chi connectivity index (χ0n) is 19.2. The van der Waals surface area contributed by atoms with Gasteiger partial charge in [0, 0.05) is 36.0 Å². The van der Waals surface area contributed by atoms with E-state index < -0.39 is 0 Å². The topological polar surface area (TPSA) is 35.6 Å². The number of carbonyl (C=O) groups is 1. The minimum absolute atomic E-state index is 0.00131. The molecule has 166 valence electrons. The van der Waals surface area contributed by atoms with Crippen LogP contribution in [0.1, 0.15) is 90.9 Å². The van der Waals surface area contributed by atoms with E-state index >= 15 is 0 Å². The summed E-state index contributed by atoms with van der Waals surface area (Å²) in [7, 11) is 0. The van der Waals surface area contributed by atoms with Crippen molar-refractivity contribution < 1.29 is 4.79 Å². The van der Waals surface area contributed by atoms with Gasteiger partial charge in [-0.25, -0.2) is 4.79 Å². The van der Waals surface area contributed by atoms with E-state index in [1.165, 1.54) is 57.1 Å². The zero-order chi connectivity index (χ0) is 21.0. The monoisotopic (exact) mass is 411 g/mol. The molecular formula is C26H41N3O. The van der Waals surface area contributed by atoms with Crippen LogP contribution >= 0.6 is 0 Å². The molecular weight excluding hydrogens is 370 g/mol. The van der Waals surface area contributed by atoms with Crippen LogP contribution in [0.15, 0.2) is 24.3 Å². The van der Waals surface area contributed by atoms with Gasteiger partial charge < -0.3 is 15.1 Å². The third-order valence-electron chi connectivity index (χ3n) is 7.92. The van der Waals surface area contributed by atoms with Gasteiger partial charge in [-0.15, -0.1) is 0 Å². The lowest BCUT2D eigenvalue weighted by Gasteiger charge is -2.49. The van der Waals surface area contributed by atoms with E-state index in [0.717, 1.165) is 50.4 Å². The van der Waals surface area contributed by atoms with Crippen molar-refractivity contribution in [3.63, 3.8) is 0 Å². The van der Waals surface area contributed by atoms with Crippen LogP contribution in [0.4, 0.5) is 16.2 Å². The molecule has 1 aromatic rings. The van der Waals surface area contributed by atoms with Crippen LogP contribution in [0.2, 0.25) is 0 Å². The molecule has 1 N–H and O–H groups in total. The Hall–Kier alpha value is -1.71. The Morgan fingerprint density at radius 3 is 2.17 bits per heavy atom. The highest BCUT2D eigenvalue weighted by molar-refractivity contribution is 5.90. The molecule has 0 bridgehead atoms. The maximum atomic E-state index is 13.6. The Labute approximate surface area is 183 Å². The lowest BCUT2D eigenvalue weighted by Crippen LogP contribution is -2.57. The number of rotatable bonds is 4. The van der Waals surface area contributed by atoms with Gasteiger partial charge in [0.15, 0.2) is 0 Å². The molecule has 4 rings (SSSR count). The number of piperidine rings is 1. The molecule has 30 heavy (non-hydrogen) atoms. The summed E-state index contributed by atoms with van der Waals surface area (Å²) in [5.41, 5.74) is 2.21. The quantitative estimate of drug-likeness (QED) is 0.590. The Morgan fingerprint density at radius 1 is 0.933 bits per heavy atom. The fourth-order valence-corrected chi connectivity index (χ4v) is 6.00. The summed E-state index contributed by atoms with van der Waals surface area (Å²) in [6.07, 6.45) is 14.8. The standard InChI is InChI=1S/C26H41N3O/c1-21-9-13-24(14-10-21)29(26(2)17-5-3-6-18-26)25(30)27-22-11-15-23(16-12-22)28-19-7-4-8-20-28/h11-12,15-16,21,24H,3-10,13-14,17-20H2,1-2H3,(H,27,30). The van der Waals surface area contributed by atoms with Crippen molar-refractivity contribution in [2.45, 2.75) is 102 Å². The summed E-state index contributed by atoms with van der Waals surface area (Å²) in [4.78, 5) is 18.3. The average molecular weight is 412 g/mol. The van der Waals surface area contributed by atoms with Gasteiger partial charge in [0.2, 0.25) is 0 Å². The predicted octanol–water partition coefficient (Wildman–Crippen LogP) is 6.81. The van der Waals surface area contributed by atoms with Crippen molar-refractivity contribution in [2.75, 3.05) is 23.3 Å². The molecule has 1 saturated heterocycles. The second kappa shape index (κ2) is 9.62. The minimum Gasteiger partial charge on any atom is -0.372 e.